The highest BCUT2D eigenvalue weighted by molar-refractivity contribution is 7.93. The van der Waals surface area contributed by atoms with Crippen molar-refractivity contribution in [3.8, 4) is 0 Å². The molecule has 0 aliphatic carbocycles. The standard InChI is InChI=1S/C14H25NO4S/c1-3-5-6-13(16)15-10-14(11-15)12(9-19-4-2)7-8-20(14,17)18/h12H,3-11H2,1-2H3/t12-/m1/s1. The van der Waals surface area contributed by atoms with Crippen LogP contribution in [0, 0.1) is 5.92 Å². The number of hydrogen-bond acceptors (Lipinski definition) is 4. The van der Waals surface area contributed by atoms with Gasteiger partial charge in [-0.05, 0) is 19.8 Å². The summed E-state index contributed by atoms with van der Waals surface area (Å²) in [6.07, 6.45) is 3.05. The smallest absolute Gasteiger partial charge is 0.222 e. The summed E-state index contributed by atoms with van der Waals surface area (Å²) in [6.45, 7) is 5.80. The van der Waals surface area contributed by atoms with E-state index in [0.717, 1.165) is 12.8 Å². The molecule has 1 spiro atoms. The van der Waals surface area contributed by atoms with Crippen molar-refractivity contribution in [1.82, 2.24) is 4.90 Å². The molecule has 2 aliphatic heterocycles. The Morgan fingerprint density at radius 3 is 2.65 bits per heavy atom. The topological polar surface area (TPSA) is 63.7 Å². The molecule has 0 N–H and O–H groups in total. The first-order valence-corrected chi connectivity index (χ1v) is 9.20. The van der Waals surface area contributed by atoms with E-state index < -0.39 is 14.6 Å². The highest BCUT2D eigenvalue weighted by atomic mass is 32.2. The van der Waals surface area contributed by atoms with Gasteiger partial charge in [-0.1, -0.05) is 13.3 Å². The second-order valence-electron chi connectivity index (χ2n) is 5.88. The molecule has 2 fully saturated rings. The summed E-state index contributed by atoms with van der Waals surface area (Å²) in [4.78, 5) is 13.7. The fourth-order valence-electron chi connectivity index (χ4n) is 3.23. The van der Waals surface area contributed by atoms with E-state index in [4.69, 9.17) is 4.74 Å². The summed E-state index contributed by atoms with van der Waals surface area (Å²) in [5.41, 5.74) is 0. The molecule has 2 heterocycles. The van der Waals surface area contributed by atoms with Crippen LogP contribution in [0.25, 0.3) is 0 Å². The van der Waals surface area contributed by atoms with Gasteiger partial charge in [-0.3, -0.25) is 4.79 Å². The molecule has 0 unspecified atom stereocenters. The Labute approximate surface area is 121 Å². The van der Waals surface area contributed by atoms with Gasteiger partial charge >= 0.3 is 0 Å². The molecule has 1 atom stereocenters. The maximum atomic E-state index is 12.3. The van der Waals surface area contributed by atoms with Crippen molar-refractivity contribution in [3.05, 3.63) is 0 Å². The lowest BCUT2D eigenvalue weighted by molar-refractivity contribution is -0.138. The molecular weight excluding hydrogens is 278 g/mol. The van der Waals surface area contributed by atoms with E-state index in [-0.39, 0.29) is 17.6 Å². The molecule has 2 aliphatic rings. The van der Waals surface area contributed by atoms with Gasteiger partial charge in [-0.2, -0.15) is 0 Å². The van der Waals surface area contributed by atoms with Crippen LogP contribution in [0.4, 0.5) is 0 Å². The summed E-state index contributed by atoms with van der Waals surface area (Å²) < 4.78 is 29.4. The number of unbranched alkanes of at least 4 members (excludes halogenated alkanes) is 1. The van der Waals surface area contributed by atoms with Crippen molar-refractivity contribution in [2.24, 2.45) is 5.92 Å². The van der Waals surface area contributed by atoms with Gasteiger partial charge in [0.15, 0.2) is 9.84 Å². The van der Waals surface area contributed by atoms with Crippen molar-refractivity contribution in [3.63, 3.8) is 0 Å². The summed E-state index contributed by atoms with van der Waals surface area (Å²) >= 11 is 0. The molecule has 0 aromatic heterocycles. The third-order valence-corrected chi connectivity index (χ3v) is 7.24. The van der Waals surface area contributed by atoms with Gasteiger partial charge in [-0.25, -0.2) is 8.42 Å². The Balaban J connectivity index is 2.01. The summed E-state index contributed by atoms with van der Waals surface area (Å²) in [7, 11) is -3.09. The lowest BCUT2D eigenvalue weighted by Gasteiger charge is -2.50. The second-order valence-corrected chi connectivity index (χ2v) is 8.33. The first kappa shape index (κ1) is 15.8. The van der Waals surface area contributed by atoms with Crippen LogP contribution in [0.3, 0.4) is 0 Å². The van der Waals surface area contributed by atoms with Gasteiger partial charge in [0.2, 0.25) is 5.91 Å². The predicted octanol–water partition coefficient (Wildman–Crippen LogP) is 1.23. The normalized spacial score (nSPS) is 26.7. The van der Waals surface area contributed by atoms with Gasteiger partial charge in [-0.15, -0.1) is 0 Å². The maximum Gasteiger partial charge on any atom is 0.222 e. The Kier molecular flexibility index (Phi) is 4.74. The molecule has 0 aromatic rings. The monoisotopic (exact) mass is 303 g/mol. The van der Waals surface area contributed by atoms with Crippen LogP contribution >= 0.6 is 0 Å². The first-order chi connectivity index (χ1) is 9.47. The fraction of sp³-hybridized carbons (Fsp3) is 0.929. The van der Waals surface area contributed by atoms with Crippen molar-refractivity contribution >= 4 is 15.7 Å². The number of carbonyl (C=O) groups is 1. The fourth-order valence-corrected chi connectivity index (χ4v) is 5.63. The van der Waals surface area contributed by atoms with E-state index in [9.17, 15) is 13.2 Å². The molecular formula is C14H25NO4S. The lowest BCUT2D eigenvalue weighted by Crippen LogP contribution is -2.68. The molecule has 116 valence electrons. The highest BCUT2D eigenvalue weighted by Crippen LogP contribution is 2.45. The van der Waals surface area contributed by atoms with E-state index in [1.54, 1.807) is 4.90 Å². The number of ether oxygens (including phenoxy) is 1. The zero-order valence-corrected chi connectivity index (χ0v) is 13.2. The Bertz CT molecular complexity index is 454. The van der Waals surface area contributed by atoms with Crippen LogP contribution in [0.15, 0.2) is 0 Å². The highest BCUT2D eigenvalue weighted by Gasteiger charge is 2.62. The van der Waals surface area contributed by atoms with Crippen molar-refractivity contribution < 1.29 is 17.9 Å². The number of amides is 1. The quantitative estimate of drug-likeness (QED) is 0.740. The van der Waals surface area contributed by atoms with Crippen LogP contribution in [-0.2, 0) is 19.4 Å². The molecule has 5 nitrogen and oxygen atoms in total. The maximum absolute atomic E-state index is 12.3. The minimum absolute atomic E-state index is 0.0441. The molecule has 2 saturated heterocycles. The third kappa shape index (κ3) is 2.60. The van der Waals surface area contributed by atoms with Gasteiger partial charge in [0.1, 0.15) is 4.75 Å². The molecule has 0 aromatic carbocycles. The second kappa shape index (κ2) is 6.02. The Morgan fingerprint density at radius 2 is 2.05 bits per heavy atom. The molecule has 0 radical (unpaired) electrons. The number of hydrogen-bond donors (Lipinski definition) is 0. The molecule has 1 amide bonds. The van der Waals surface area contributed by atoms with Gasteiger partial charge in [0.05, 0.1) is 12.4 Å². The average molecular weight is 303 g/mol. The van der Waals surface area contributed by atoms with Gasteiger partial charge < -0.3 is 9.64 Å². The Morgan fingerprint density at radius 1 is 1.35 bits per heavy atom. The predicted molar refractivity (Wildman–Crippen MR) is 77.2 cm³/mol. The SMILES string of the molecule is CCCCC(=O)N1CC2(C1)[C@@H](COCC)CCS2(=O)=O. The van der Waals surface area contributed by atoms with E-state index in [2.05, 4.69) is 0 Å². The Hall–Kier alpha value is -0.620. The zero-order valence-electron chi connectivity index (χ0n) is 12.4. The first-order valence-electron chi connectivity index (χ1n) is 7.54. The van der Waals surface area contributed by atoms with Crippen LogP contribution in [0.1, 0.15) is 39.5 Å². The van der Waals surface area contributed by atoms with E-state index in [1.807, 2.05) is 13.8 Å². The van der Waals surface area contributed by atoms with Crippen molar-refractivity contribution in [2.45, 2.75) is 44.3 Å². The van der Waals surface area contributed by atoms with Gasteiger partial charge in [0, 0.05) is 32.0 Å². The number of likely N-dealkylation sites (tertiary alicyclic amines) is 1. The zero-order chi connectivity index (χ0) is 14.8. The summed E-state index contributed by atoms with van der Waals surface area (Å²) in [5.74, 6) is 0.374. The summed E-state index contributed by atoms with van der Waals surface area (Å²) in [5, 5.41) is 0. The largest absolute Gasteiger partial charge is 0.381 e. The van der Waals surface area contributed by atoms with E-state index >= 15 is 0 Å². The number of nitrogens with zero attached hydrogens (tertiary/aromatic N) is 1. The van der Waals surface area contributed by atoms with Gasteiger partial charge in [0.25, 0.3) is 0 Å². The summed E-state index contributed by atoms with van der Waals surface area (Å²) in [6, 6.07) is 0. The molecule has 2 rings (SSSR count). The molecule has 20 heavy (non-hydrogen) atoms. The molecule has 0 saturated carbocycles. The molecule has 6 heteroatoms. The average Bonchev–Trinajstić information content (AvgIpc) is 2.62. The van der Waals surface area contributed by atoms with Crippen LogP contribution in [-0.4, -0.2) is 56.0 Å². The lowest BCUT2D eigenvalue weighted by atomic mass is 9.83. The minimum atomic E-state index is -3.09. The number of carbonyl (C=O) groups excluding carboxylic acids is 1. The third-order valence-electron chi connectivity index (χ3n) is 4.64. The van der Waals surface area contributed by atoms with Crippen molar-refractivity contribution in [2.75, 3.05) is 32.1 Å². The number of rotatable bonds is 6. The van der Waals surface area contributed by atoms with Crippen molar-refractivity contribution in [1.29, 1.82) is 0 Å². The van der Waals surface area contributed by atoms with Crippen LogP contribution in [0.5, 0.6) is 0 Å². The van der Waals surface area contributed by atoms with Crippen LogP contribution in [0.2, 0.25) is 0 Å². The number of sulfone groups is 1. The molecule has 0 bridgehead atoms. The van der Waals surface area contributed by atoms with E-state index in [0.29, 0.717) is 39.1 Å². The van der Waals surface area contributed by atoms with E-state index in [1.165, 1.54) is 0 Å². The van der Waals surface area contributed by atoms with Crippen LogP contribution < -0.4 is 0 Å². The minimum Gasteiger partial charge on any atom is -0.381 e.